The lowest BCUT2D eigenvalue weighted by Crippen LogP contribution is -2.38. The molecule has 8 heteroatoms. The molecule has 1 aliphatic heterocycles. The summed E-state index contributed by atoms with van der Waals surface area (Å²) in [6.45, 7) is 2.92. The largest absolute Gasteiger partial charge is 0.316 e. The second kappa shape index (κ2) is 5.53. The van der Waals surface area contributed by atoms with Crippen LogP contribution in [0.2, 0.25) is 0 Å². The minimum absolute atomic E-state index is 0.143. The van der Waals surface area contributed by atoms with E-state index in [0.29, 0.717) is 18.7 Å². The normalized spacial score (nSPS) is 19.6. The molecule has 1 atom stereocenters. The van der Waals surface area contributed by atoms with Crippen LogP contribution in [-0.2, 0) is 23.0 Å². The van der Waals surface area contributed by atoms with Crippen molar-refractivity contribution in [2.75, 3.05) is 13.6 Å². The Kier molecular flexibility index (Phi) is 3.87. The van der Waals surface area contributed by atoms with Crippen molar-refractivity contribution in [3.05, 3.63) is 33.6 Å². The van der Waals surface area contributed by atoms with Crippen LogP contribution in [0.1, 0.15) is 29.0 Å². The van der Waals surface area contributed by atoms with Crippen molar-refractivity contribution in [2.24, 2.45) is 0 Å². The van der Waals surface area contributed by atoms with Crippen LogP contribution in [0, 0.1) is 0 Å². The SMILES string of the molecule is CNCc1cn[nH]c1S(=O)(=O)N1CCc2sccc2C1C. The van der Waals surface area contributed by atoms with Gasteiger partial charge in [-0.15, -0.1) is 11.3 Å². The van der Waals surface area contributed by atoms with Gasteiger partial charge >= 0.3 is 0 Å². The van der Waals surface area contributed by atoms with Gasteiger partial charge in [-0.3, -0.25) is 5.10 Å². The molecule has 2 aromatic rings. The van der Waals surface area contributed by atoms with E-state index in [1.54, 1.807) is 28.9 Å². The van der Waals surface area contributed by atoms with Gasteiger partial charge in [0.25, 0.3) is 10.0 Å². The van der Waals surface area contributed by atoms with Gasteiger partial charge < -0.3 is 5.32 Å². The van der Waals surface area contributed by atoms with Crippen LogP contribution in [0.5, 0.6) is 0 Å². The first-order chi connectivity index (χ1) is 10.1. The third kappa shape index (κ3) is 2.42. The zero-order valence-corrected chi connectivity index (χ0v) is 13.6. The summed E-state index contributed by atoms with van der Waals surface area (Å²) in [6.07, 6.45) is 2.33. The minimum atomic E-state index is -3.56. The number of aromatic nitrogens is 2. The Labute approximate surface area is 128 Å². The number of hydrogen-bond acceptors (Lipinski definition) is 5. The summed E-state index contributed by atoms with van der Waals surface area (Å²) in [7, 11) is -1.78. The minimum Gasteiger partial charge on any atom is -0.316 e. The second-order valence-corrected chi connectivity index (χ2v) is 7.92. The number of aromatic amines is 1. The Morgan fingerprint density at radius 2 is 2.38 bits per heavy atom. The molecule has 6 nitrogen and oxygen atoms in total. The third-order valence-corrected chi connectivity index (χ3v) is 6.82. The highest BCUT2D eigenvalue weighted by Gasteiger charge is 2.36. The summed E-state index contributed by atoms with van der Waals surface area (Å²) in [5.41, 5.74) is 1.78. The van der Waals surface area contributed by atoms with Crippen LogP contribution >= 0.6 is 11.3 Å². The Balaban J connectivity index is 1.98. The van der Waals surface area contributed by atoms with Crippen LogP contribution in [0.4, 0.5) is 0 Å². The maximum atomic E-state index is 12.9. The lowest BCUT2D eigenvalue weighted by Gasteiger charge is -2.32. The van der Waals surface area contributed by atoms with Gasteiger partial charge in [0.05, 0.1) is 6.20 Å². The maximum absolute atomic E-state index is 12.9. The number of sulfonamides is 1. The fraction of sp³-hybridized carbons (Fsp3) is 0.462. The lowest BCUT2D eigenvalue weighted by atomic mass is 10.0. The van der Waals surface area contributed by atoms with Gasteiger partial charge in [-0.05, 0) is 37.4 Å². The van der Waals surface area contributed by atoms with Crippen LogP contribution in [0.3, 0.4) is 0 Å². The molecule has 0 bridgehead atoms. The first-order valence-corrected chi connectivity index (χ1v) is 9.12. The first-order valence-electron chi connectivity index (χ1n) is 6.80. The molecule has 1 unspecified atom stereocenters. The molecule has 0 fully saturated rings. The van der Waals surface area contributed by atoms with Crippen LogP contribution < -0.4 is 5.32 Å². The smallest absolute Gasteiger partial charge is 0.260 e. The highest BCUT2D eigenvalue weighted by atomic mass is 32.2. The van der Waals surface area contributed by atoms with E-state index < -0.39 is 10.0 Å². The summed E-state index contributed by atoms with van der Waals surface area (Å²) in [4.78, 5) is 1.29. The van der Waals surface area contributed by atoms with Gasteiger partial charge in [0.15, 0.2) is 5.03 Å². The number of thiophene rings is 1. The van der Waals surface area contributed by atoms with E-state index in [1.165, 1.54) is 4.88 Å². The van der Waals surface area contributed by atoms with E-state index in [4.69, 9.17) is 0 Å². The molecule has 0 spiro atoms. The van der Waals surface area contributed by atoms with E-state index in [-0.39, 0.29) is 11.1 Å². The highest BCUT2D eigenvalue weighted by molar-refractivity contribution is 7.89. The molecule has 0 aromatic carbocycles. The average molecular weight is 326 g/mol. The number of fused-ring (bicyclic) bond motifs is 1. The molecule has 0 amide bonds. The van der Waals surface area contributed by atoms with E-state index >= 15 is 0 Å². The highest BCUT2D eigenvalue weighted by Crippen LogP contribution is 2.36. The average Bonchev–Trinajstić information content (AvgIpc) is 3.08. The topological polar surface area (TPSA) is 78.1 Å². The number of H-pyrrole nitrogens is 1. The fourth-order valence-corrected chi connectivity index (χ4v) is 5.45. The van der Waals surface area contributed by atoms with Crippen molar-refractivity contribution in [1.29, 1.82) is 0 Å². The molecular weight excluding hydrogens is 308 g/mol. The maximum Gasteiger partial charge on any atom is 0.260 e. The summed E-state index contributed by atoms with van der Waals surface area (Å²) in [5.74, 6) is 0. The number of hydrogen-bond donors (Lipinski definition) is 2. The molecule has 0 saturated heterocycles. The van der Waals surface area contributed by atoms with Crippen molar-refractivity contribution < 1.29 is 8.42 Å². The Hall–Kier alpha value is -1.22. The Morgan fingerprint density at radius 1 is 1.57 bits per heavy atom. The quantitative estimate of drug-likeness (QED) is 0.892. The van der Waals surface area contributed by atoms with Crippen LogP contribution in [0.25, 0.3) is 0 Å². The Bertz CT molecular complexity index is 735. The summed E-state index contributed by atoms with van der Waals surface area (Å²) in [6, 6.07) is 1.88. The van der Waals surface area contributed by atoms with E-state index in [1.807, 2.05) is 18.4 Å². The van der Waals surface area contributed by atoms with E-state index in [2.05, 4.69) is 15.5 Å². The number of nitrogens with one attached hydrogen (secondary N) is 2. The molecule has 1 aliphatic rings. The second-order valence-electron chi connectivity index (χ2n) is 5.10. The summed E-state index contributed by atoms with van der Waals surface area (Å²) < 4.78 is 27.4. The first kappa shape index (κ1) is 14.7. The van der Waals surface area contributed by atoms with E-state index in [0.717, 1.165) is 12.0 Å². The molecule has 0 saturated carbocycles. The van der Waals surface area contributed by atoms with Crippen molar-refractivity contribution in [3.63, 3.8) is 0 Å². The predicted octanol–water partition coefficient (Wildman–Crippen LogP) is 1.50. The van der Waals surface area contributed by atoms with E-state index in [9.17, 15) is 8.42 Å². The molecule has 3 rings (SSSR count). The standard InChI is InChI=1S/C13H18N4O2S2/c1-9-11-4-6-20-12(11)3-5-17(9)21(18,19)13-10(7-14-2)8-15-16-13/h4,6,8-9,14H,3,5,7H2,1-2H3,(H,15,16). The summed E-state index contributed by atoms with van der Waals surface area (Å²) in [5, 5.41) is 11.7. The zero-order chi connectivity index (χ0) is 15.0. The third-order valence-electron chi connectivity index (χ3n) is 3.83. The molecular formula is C13H18N4O2S2. The molecule has 114 valence electrons. The van der Waals surface area contributed by atoms with Gasteiger partial charge in [0.2, 0.25) is 0 Å². The van der Waals surface area contributed by atoms with Gasteiger partial charge in [-0.2, -0.15) is 9.40 Å². The van der Waals surface area contributed by atoms with Crippen molar-refractivity contribution in [3.8, 4) is 0 Å². The van der Waals surface area contributed by atoms with Crippen molar-refractivity contribution >= 4 is 21.4 Å². The molecule has 0 radical (unpaired) electrons. The van der Waals surface area contributed by atoms with Gasteiger partial charge in [0.1, 0.15) is 0 Å². The number of nitrogens with zero attached hydrogens (tertiary/aromatic N) is 2. The molecule has 0 aliphatic carbocycles. The van der Waals surface area contributed by atoms with Crippen LogP contribution in [0.15, 0.2) is 22.7 Å². The van der Waals surface area contributed by atoms with Crippen molar-refractivity contribution in [2.45, 2.75) is 31.0 Å². The van der Waals surface area contributed by atoms with Crippen LogP contribution in [-0.4, -0.2) is 36.5 Å². The zero-order valence-electron chi connectivity index (χ0n) is 12.0. The molecule has 21 heavy (non-hydrogen) atoms. The molecule has 2 N–H and O–H groups in total. The van der Waals surface area contributed by atoms with Crippen molar-refractivity contribution in [1.82, 2.24) is 19.8 Å². The number of rotatable bonds is 4. The molecule has 2 aromatic heterocycles. The monoisotopic (exact) mass is 326 g/mol. The van der Waals surface area contributed by atoms with Gasteiger partial charge in [0, 0.05) is 29.6 Å². The summed E-state index contributed by atoms with van der Waals surface area (Å²) >= 11 is 1.70. The van der Waals surface area contributed by atoms with Gasteiger partial charge in [-0.25, -0.2) is 8.42 Å². The Morgan fingerprint density at radius 3 is 3.14 bits per heavy atom. The lowest BCUT2D eigenvalue weighted by molar-refractivity contribution is 0.327. The fourth-order valence-electron chi connectivity index (χ4n) is 2.77. The van der Waals surface area contributed by atoms with Gasteiger partial charge in [-0.1, -0.05) is 0 Å². The predicted molar refractivity (Wildman–Crippen MR) is 81.7 cm³/mol. The molecule has 3 heterocycles.